The average molecular weight is 229 g/mol. The van der Waals surface area contributed by atoms with Crippen LogP contribution in [0.1, 0.15) is 59.3 Å². The molecule has 0 bridgehead atoms. The minimum Gasteiger partial charge on any atom is -0.313 e. The number of nitrogens with one attached hydrogen (secondary N) is 1. The van der Waals surface area contributed by atoms with Gasteiger partial charge in [-0.25, -0.2) is 0 Å². The van der Waals surface area contributed by atoms with Gasteiger partial charge in [0.1, 0.15) is 0 Å². The molecule has 2 heteroatoms. The summed E-state index contributed by atoms with van der Waals surface area (Å²) in [5.74, 6) is 0. The van der Waals surface area contributed by atoms with Crippen LogP contribution in [0, 0.1) is 0 Å². The Morgan fingerprint density at radius 1 is 1.13 bits per heavy atom. The van der Waals surface area contributed by atoms with Crippen molar-refractivity contribution in [2.24, 2.45) is 0 Å². The maximum absolute atomic E-state index is 3.73. The van der Waals surface area contributed by atoms with Gasteiger partial charge in [-0.15, -0.1) is 0 Å². The fourth-order valence-corrected chi connectivity index (χ4v) is 3.36. The summed E-state index contributed by atoms with van der Waals surface area (Å²) in [5.41, 5.74) is 0. The SMILES string of the molecule is CCC(C)SC(C)CNC1CCCCC1. The fourth-order valence-electron chi connectivity index (χ4n) is 2.18. The van der Waals surface area contributed by atoms with Crippen LogP contribution in [0.4, 0.5) is 0 Å². The lowest BCUT2D eigenvalue weighted by Gasteiger charge is -2.25. The molecule has 1 N–H and O–H groups in total. The van der Waals surface area contributed by atoms with E-state index in [1.54, 1.807) is 0 Å². The van der Waals surface area contributed by atoms with Gasteiger partial charge in [-0.2, -0.15) is 11.8 Å². The minimum atomic E-state index is 0.766. The normalized spacial score (nSPS) is 22.6. The monoisotopic (exact) mass is 229 g/mol. The molecule has 2 atom stereocenters. The largest absolute Gasteiger partial charge is 0.313 e. The van der Waals surface area contributed by atoms with Gasteiger partial charge in [0.2, 0.25) is 0 Å². The van der Waals surface area contributed by atoms with Crippen molar-refractivity contribution in [1.29, 1.82) is 0 Å². The van der Waals surface area contributed by atoms with Gasteiger partial charge in [-0.05, 0) is 19.3 Å². The van der Waals surface area contributed by atoms with Gasteiger partial charge in [0, 0.05) is 23.1 Å². The molecule has 0 amide bonds. The van der Waals surface area contributed by atoms with Gasteiger partial charge < -0.3 is 5.32 Å². The van der Waals surface area contributed by atoms with Crippen molar-refractivity contribution < 1.29 is 0 Å². The molecule has 1 saturated carbocycles. The Morgan fingerprint density at radius 2 is 1.80 bits per heavy atom. The zero-order valence-electron chi connectivity index (χ0n) is 10.6. The van der Waals surface area contributed by atoms with E-state index in [4.69, 9.17) is 0 Å². The Balaban J connectivity index is 2.07. The highest BCUT2D eigenvalue weighted by molar-refractivity contribution is 8.00. The Morgan fingerprint density at radius 3 is 2.40 bits per heavy atom. The summed E-state index contributed by atoms with van der Waals surface area (Å²) < 4.78 is 0. The lowest BCUT2D eigenvalue weighted by molar-refractivity contribution is 0.375. The van der Waals surface area contributed by atoms with E-state index in [2.05, 4.69) is 37.8 Å². The first-order chi connectivity index (χ1) is 7.22. The molecule has 90 valence electrons. The van der Waals surface area contributed by atoms with Gasteiger partial charge in [0.05, 0.1) is 0 Å². The average Bonchev–Trinajstić information content (AvgIpc) is 2.27. The smallest absolute Gasteiger partial charge is 0.0146 e. The molecule has 0 aromatic heterocycles. The van der Waals surface area contributed by atoms with E-state index in [0.717, 1.165) is 16.5 Å². The molecule has 2 unspecified atom stereocenters. The second kappa shape index (κ2) is 7.56. The summed E-state index contributed by atoms with van der Waals surface area (Å²) in [6, 6.07) is 0.818. The van der Waals surface area contributed by atoms with Crippen molar-refractivity contribution in [3.05, 3.63) is 0 Å². The fraction of sp³-hybridized carbons (Fsp3) is 1.00. The lowest BCUT2D eigenvalue weighted by atomic mass is 9.95. The van der Waals surface area contributed by atoms with E-state index in [1.165, 1.54) is 45.1 Å². The van der Waals surface area contributed by atoms with Gasteiger partial charge in [0.15, 0.2) is 0 Å². The maximum Gasteiger partial charge on any atom is 0.0146 e. The van der Waals surface area contributed by atoms with Crippen molar-refractivity contribution in [2.45, 2.75) is 75.8 Å². The van der Waals surface area contributed by atoms with Crippen LogP contribution in [-0.2, 0) is 0 Å². The molecule has 0 radical (unpaired) electrons. The highest BCUT2D eigenvalue weighted by Gasteiger charge is 2.14. The van der Waals surface area contributed by atoms with E-state index >= 15 is 0 Å². The summed E-state index contributed by atoms with van der Waals surface area (Å²) in [4.78, 5) is 0. The standard InChI is InChI=1S/C13H27NS/c1-4-11(2)15-12(3)10-14-13-8-6-5-7-9-13/h11-14H,4-10H2,1-3H3. The molecule has 0 saturated heterocycles. The van der Waals surface area contributed by atoms with Crippen LogP contribution in [0.5, 0.6) is 0 Å². The third-order valence-electron chi connectivity index (χ3n) is 3.34. The lowest BCUT2D eigenvalue weighted by Crippen LogP contribution is -2.35. The van der Waals surface area contributed by atoms with E-state index in [1.807, 2.05) is 0 Å². The molecule has 1 fully saturated rings. The topological polar surface area (TPSA) is 12.0 Å². The van der Waals surface area contributed by atoms with E-state index in [0.29, 0.717) is 0 Å². The summed E-state index contributed by atoms with van der Waals surface area (Å²) in [6.07, 6.45) is 8.42. The molecule has 0 heterocycles. The first kappa shape index (κ1) is 13.4. The first-order valence-corrected chi connectivity index (χ1v) is 7.55. The van der Waals surface area contributed by atoms with Crippen molar-refractivity contribution in [1.82, 2.24) is 5.32 Å². The summed E-state index contributed by atoms with van der Waals surface area (Å²) in [7, 11) is 0. The molecule has 1 aliphatic carbocycles. The van der Waals surface area contributed by atoms with Crippen LogP contribution in [0.3, 0.4) is 0 Å². The van der Waals surface area contributed by atoms with Gasteiger partial charge in [0.25, 0.3) is 0 Å². The predicted molar refractivity (Wildman–Crippen MR) is 71.7 cm³/mol. The van der Waals surface area contributed by atoms with Crippen LogP contribution in [0.25, 0.3) is 0 Å². The third kappa shape index (κ3) is 5.82. The zero-order valence-corrected chi connectivity index (χ0v) is 11.4. The number of rotatable bonds is 6. The molecule has 0 aromatic carbocycles. The van der Waals surface area contributed by atoms with Crippen LogP contribution in [0.2, 0.25) is 0 Å². The zero-order chi connectivity index (χ0) is 11.1. The quantitative estimate of drug-likeness (QED) is 0.743. The third-order valence-corrected chi connectivity index (χ3v) is 4.77. The minimum absolute atomic E-state index is 0.766. The van der Waals surface area contributed by atoms with Crippen LogP contribution < -0.4 is 5.32 Å². The molecular weight excluding hydrogens is 202 g/mol. The Labute approximate surface area is 99.8 Å². The van der Waals surface area contributed by atoms with Crippen molar-refractivity contribution in [3.63, 3.8) is 0 Å². The second-order valence-electron chi connectivity index (χ2n) is 4.91. The number of hydrogen-bond donors (Lipinski definition) is 1. The van der Waals surface area contributed by atoms with E-state index in [-0.39, 0.29) is 0 Å². The number of thioether (sulfide) groups is 1. The second-order valence-corrected chi connectivity index (χ2v) is 6.79. The Kier molecular flexibility index (Phi) is 6.74. The summed E-state index contributed by atoms with van der Waals surface area (Å²) in [6.45, 7) is 8.16. The van der Waals surface area contributed by atoms with Gasteiger partial charge >= 0.3 is 0 Å². The van der Waals surface area contributed by atoms with Crippen molar-refractivity contribution in [2.75, 3.05) is 6.54 Å². The highest BCUT2D eigenvalue weighted by Crippen LogP contribution is 2.21. The molecule has 0 aliphatic heterocycles. The van der Waals surface area contributed by atoms with Gasteiger partial charge in [-0.3, -0.25) is 0 Å². The first-order valence-electron chi connectivity index (χ1n) is 6.61. The molecule has 1 rings (SSSR count). The number of hydrogen-bond acceptors (Lipinski definition) is 2. The van der Waals surface area contributed by atoms with E-state index < -0.39 is 0 Å². The molecule has 1 nitrogen and oxygen atoms in total. The predicted octanol–water partition coefficient (Wildman–Crippen LogP) is 3.83. The molecule has 0 spiro atoms. The van der Waals surface area contributed by atoms with Crippen molar-refractivity contribution in [3.8, 4) is 0 Å². The molecule has 0 aromatic rings. The van der Waals surface area contributed by atoms with Crippen LogP contribution >= 0.6 is 11.8 Å². The highest BCUT2D eigenvalue weighted by atomic mass is 32.2. The maximum atomic E-state index is 3.73. The molecular formula is C13H27NS. The molecule has 15 heavy (non-hydrogen) atoms. The molecule has 1 aliphatic rings. The Bertz CT molecular complexity index is 155. The van der Waals surface area contributed by atoms with Crippen LogP contribution in [-0.4, -0.2) is 23.1 Å². The Hall–Kier alpha value is 0.310. The van der Waals surface area contributed by atoms with Gasteiger partial charge in [-0.1, -0.05) is 40.0 Å². The van der Waals surface area contributed by atoms with Crippen molar-refractivity contribution >= 4 is 11.8 Å². The van der Waals surface area contributed by atoms with Crippen LogP contribution in [0.15, 0.2) is 0 Å². The summed E-state index contributed by atoms with van der Waals surface area (Å²) in [5, 5.41) is 5.31. The van der Waals surface area contributed by atoms with E-state index in [9.17, 15) is 0 Å². The summed E-state index contributed by atoms with van der Waals surface area (Å²) >= 11 is 2.13.